The molecule has 0 fully saturated rings. The molecular weight excluding hydrogens is 376 g/mol. The number of rotatable bonds is 5. The number of carbonyl (C=O) groups is 2. The van der Waals surface area contributed by atoms with Crippen molar-refractivity contribution in [2.24, 2.45) is 0 Å². The number of fused-ring (bicyclic) bond motifs is 2. The minimum absolute atomic E-state index is 0.0202. The lowest BCUT2D eigenvalue weighted by Crippen LogP contribution is -2.37. The van der Waals surface area contributed by atoms with E-state index in [0.717, 1.165) is 17.7 Å². The van der Waals surface area contributed by atoms with Crippen LogP contribution in [0.2, 0.25) is 0 Å². The fourth-order valence-corrected chi connectivity index (χ4v) is 4.80. The zero-order valence-electron chi connectivity index (χ0n) is 16.0. The van der Waals surface area contributed by atoms with Crippen molar-refractivity contribution in [3.63, 3.8) is 0 Å². The topological polar surface area (TPSA) is 67.9 Å². The smallest absolute Gasteiger partial charge is 0.264 e. The number of anilines is 1. The van der Waals surface area contributed by atoms with Crippen LogP contribution < -0.4 is 14.8 Å². The number of likely N-dealkylation sites (N-methyl/N-ethyl adjacent to an activating group) is 1. The molecule has 0 saturated carbocycles. The zero-order chi connectivity index (χ0) is 19.5. The van der Waals surface area contributed by atoms with Crippen molar-refractivity contribution in [2.45, 2.75) is 32.6 Å². The molecule has 1 aromatic heterocycles. The van der Waals surface area contributed by atoms with Crippen LogP contribution in [0.25, 0.3) is 0 Å². The van der Waals surface area contributed by atoms with Crippen molar-refractivity contribution in [3.05, 3.63) is 39.6 Å². The van der Waals surface area contributed by atoms with E-state index in [0.29, 0.717) is 36.9 Å². The van der Waals surface area contributed by atoms with Gasteiger partial charge in [0.1, 0.15) is 19.8 Å². The number of carbonyl (C=O) groups excluding carboxylic acids is 2. The van der Waals surface area contributed by atoms with Crippen molar-refractivity contribution in [3.8, 4) is 11.5 Å². The summed E-state index contributed by atoms with van der Waals surface area (Å²) in [7, 11) is 0. The maximum Gasteiger partial charge on any atom is 0.264 e. The van der Waals surface area contributed by atoms with Gasteiger partial charge in [0.05, 0.1) is 4.88 Å². The van der Waals surface area contributed by atoms with Gasteiger partial charge >= 0.3 is 0 Å². The van der Waals surface area contributed by atoms with Crippen molar-refractivity contribution in [1.29, 1.82) is 0 Å². The molecule has 0 saturated heterocycles. The number of amides is 2. The van der Waals surface area contributed by atoms with Crippen LogP contribution in [-0.2, 0) is 17.6 Å². The number of ether oxygens (including phenoxy) is 2. The van der Waals surface area contributed by atoms with Crippen LogP contribution in [0.1, 0.15) is 39.9 Å². The van der Waals surface area contributed by atoms with Gasteiger partial charge in [0.15, 0.2) is 11.5 Å². The number of hydrogen-bond donors (Lipinski definition) is 1. The molecule has 2 amide bonds. The summed E-state index contributed by atoms with van der Waals surface area (Å²) >= 11 is 1.58. The molecule has 0 atom stereocenters. The maximum absolute atomic E-state index is 12.9. The van der Waals surface area contributed by atoms with Gasteiger partial charge in [0.25, 0.3) is 5.91 Å². The van der Waals surface area contributed by atoms with Gasteiger partial charge in [-0.1, -0.05) is 0 Å². The van der Waals surface area contributed by atoms with E-state index in [2.05, 4.69) is 5.32 Å². The van der Waals surface area contributed by atoms with Crippen molar-refractivity contribution in [2.75, 3.05) is 31.6 Å². The Morgan fingerprint density at radius 1 is 1.11 bits per heavy atom. The molecule has 1 aliphatic heterocycles. The van der Waals surface area contributed by atoms with E-state index in [4.69, 9.17) is 9.47 Å². The molecule has 6 nitrogen and oxygen atoms in total. The van der Waals surface area contributed by atoms with E-state index >= 15 is 0 Å². The summed E-state index contributed by atoms with van der Waals surface area (Å²) in [6.45, 7) is 3.41. The quantitative estimate of drug-likeness (QED) is 0.834. The molecule has 2 aliphatic rings. The van der Waals surface area contributed by atoms with Gasteiger partial charge in [-0.2, -0.15) is 0 Å². The molecule has 1 aliphatic carbocycles. The second-order valence-corrected chi connectivity index (χ2v) is 8.13. The predicted octanol–water partition coefficient (Wildman–Crippen LogP) is 3.50. The van der Waals surface area contributed by atoms with Gasteiger partial charge in [0.2, 0.25) is 5.91 Å². The number of aryl methyl sites for hydroxylation is 2. The molecule has 0 radical (unpaired) electrons. The molecule has 2 aromatic rings. The van der Waals surface area contributed by atoms with Gasteiger partial charge in [0, 0.05) is 23.2 Å². The third-order valence-corrected chi connectivity index (χ3v) is 6.26. The fourth-order valence-electron chi connectivity index (χ4n) is 3.57. The Morgan fingerprint density at radius 3 is 2.68 bits per heavy atom. The highest BCUT2D eigenvalue weighted by molar-refractivity contribution is 7.14. The van der Waals surface area contributed by atoms with Crippen molar-refractivity contribution in [1.82, 2.24) is 4.90 Å². The third kappa shape index (κ3) is 3.99. The lowest BCUT2D eigenvalue weighted by molar-refractivity contribution is -0.116. The molecule has 1 aromatic carbocycles. The molecule has 0 unspecified atom stereocenters. The zero-order valence-corrected chi connectivity index (χ0v) is 16.8. The van der Waals surface area contributed by atoms with Gasteiger partial charge in [-0.15, -0.1) is 11.3 Å². The Hall–Kier alpha value is -2.54. The first-order valence-corrected chi connectivity index (χ1v) is 10.6. The predicted molar refractivity (Wildman–Crippen MR) is 109 cm³/mol. The van der Waals surface area contributed by atoms with Crippen LogP contribution in [-0.4, -0.2) is 43.0 Å². The number of hydrogen-bond acceptors (Lipinski definition) is 5. The summed E-state index contributed by atoms with van der Waals surface area (Å²) in [5.41, 5.74) is 1.93. The molecule has 7 heteroatoms. The van der Waals surface area contributed by atoms with E-state index in [1.165, 1.54) is 23.3 Å². The van der Waals surface area contributed by atoms with E-state index in [9.17, 15) is 9.59 Å². The number of nitrogens with zero attached hydrogens (tertiary/aromatic N) is 1. The molecule has 0 spiro atoms. The van der Waals surface area contributed by atoms with Gasteiger partial charge in [-0.3, -0.25) is 9.59 Å². The lowest BCUT2D eigenvalue weighted by Gasteiger charge is -2.21. The summed E-state index contributed by atoms with van der Waals surface area (Å²) in [6, 6.07) is 7.32. The summed E-state index contributed by atoms with van der Waals surface area (Å²) in [4.78, 5) is 29.0. The second-order valence-electron chi connectivity index (χ2n) is 6.99. The Kier molecular flexibility index (Phi) is 5.52. The minimum atomic E-state index is -0.229. The largest absolute Gasteiger partial charge is 0.486 e. The summed E-state index contributed by atoms with van der Waals surface area (Å²) in [6.07, 6.45) is 4.49. The average Bonchev–Trinajstić information content (AvgIpc) is 3.15. The maximum atomic E-state index is 12.9. The molecular formula is C21H24N2O4S. The van der Waals surface area contributed by atoms with Crippen LogP contribution >= 0.6 is 11.3 Å². The SMILES string of the molecule is CCN(CC(=O)Nc1ccc2c(c1)OCCO2)C(=O)c1cc2c(s1)CCCC2. The van der Waals surface area contributed by atoms with Crippen LogP contribution in [0.5, 0.6) is 11.5 Å². The number of benzene rings is 1. The van der Waals surface area contributed by atoms with Crippen molar-refractivity contribution < 1.29 is 19.1 Å². The summed E-state index contributed by atoms with van der Waals surface area (Å²) < 4.78 is 11.0. The lowest BCUT2D eigenvalue weighted by atomic mass is 9.99. The van der Waals surface area contributed by atoms with Crippen LogP contribution in [0.15, 0.2) is 24.3 Å². The average molecular weight is 401 g/mol. The molecule has 2 heterocycles. The summed E-state index contributed by atoms with van der Waals surface area (Å²) in [5, 5.41) is 2.85. The highest BCUT2D eigenvalue weighted by Crippen LogP contribution is 2.33. The Morgan fingerprint density at radius 2 is 1.89 bits per heavy atom. The molecule has 28 heavy (non-hydrogen) atoms. The van der Waals surface area contributed by atoms with E-state index < -0.39 is 0 Å². The molecule has 0 bridgehead atoms. The monoisotopic (exact) mass is 400 g/mol. The highest BCUT2D eigenvalue weighted by atomic mass is 32.1. The normalized spacial score (nSPS) is 14.9. The fraction of sp³-hybridized carbons (Fsp3) is 0.429. The van der Waals surface area contributed by atoms with Crippen LogP contribution in [0, 0.1) is 0 Å². The van der Waals surface area contributed by atoms with E-state index in [1.807, 2.05) is 13.0 Å². The Balaban J connectivity index is 1.40. The number of nitrogens with one attached hydrogen (secondary N) is 1. The van der Waals surface area contributed by atoms with Crippen molar-refractivity contribution >= 4 is 28.8 Å². The molecule has 148 valence electrons. The Labute approximate surface area is 168 Å². The van der Waals surface area contributed by atoms with Gasteiger partial charge < -0.3 is 19.7 Å². The highest BCUT2D eigenvalue weighted by Gasteiger charge is 2.22. The standard InChI is InChI=1S/C21H24N2O4S/c1-2-23(21(25)19-11-14-5-3-4-6-18(14)28-19)13-20(24)22-15-7-8-16-17(12-15)27-10-9-26-16/h7-8,11-12H,2-6,9-10,13H2,1H3,(H,22,24). The van der Waals surface area contributed by atoms with E-state index in [1.54, 1.807) is 34.4 Å². The molecule has 4 rings (SSSR count). The van der Waals surface area contributed by atoms with Crippen LogP contribution in [0.4, 0.5) is 5.69 Å². The minimum Gasteiger partial charge on any atom is -0.486 e. The summed E-state index contributed by atoms with van der Waals surface area (Å²) in [5.74, 6) is 1.00. The number of thiophene rings is 1. The second kappa shape index (κ2) is 8.22. The first-order chi connectivity index (χ1) is 13.6. The first-order valence-electron chi connectivity index (χ1n) is 9.74. The van der Waals surface area contributed by atoms with Crippen LogP contribution in [0.3, 0.4) is 0 Å². The van der Waals surface area contributed by atoms with E-state index in [-0.39, 0.29) is 18.4 Å². The van der Waals surface area contributed by atoms with Gasteiger partial charge in [-0.25, -0.2) is 0 Å². The Bertz CT molecular complexity index is 869. The third-order valence-electron chi connectivity index (χ3n) is 5.04. The first kappa shape index (κ1) is 18.8. The molecule has 1 N–H and O–H groups in total. The van der Waals surface area contributed by atoms with Gasteiger partial charge in [-0.05, 0) is 56.4 Å².